The molecule has 0 radical (unpaired) electrons. The van der Waals surface area contributed by atoms with Gasteiger partial charge in [-0.3, -0.25) is 4.79 Å². The van der Waals surface area contributed by atoms with E-state index < -0.39 is 17.5 Å². The van der Waals surface area contributed by atoms with Crippen LogP contribution in [0.1, 0.15) is 27.2 Å². The van der Waals surface area contributed by atoms with Gasteiger partial charge in [0.1, 0.15) is 5.60 Å². The number of carboxylic acids is 1. The molecule has 1 N–H and O–H groups in total. The Labute approximate surface area is 112 Å². The van der Waals surface area contributed by atoms with Crippen LogP contribution in [-0.2, 0) is 14.3 Å². The van der Waals surface area contributed by atoms with Gasteiger partial charge in [0.25, 0.3) is 0 Å². The van der Waals surface area contributed by atoms with E-state index in [9.17, 15) is 14.7 Å². The minimum atomic E-state index is -0.802. The Hall–Kier alpha value is -1.30. The summed E-state index contributed by atoms with van der Waals surface area (Å²) in [4.78, 5) is 25.0. The van der Waals surface area contributed by atoms with Gasteiger partial charge in [0.05, 0.1) is 25.2 Å². The summed E-state index contributed by atoms with van der Waals surface area (Å²) in [5.41, 5.74) is -0.546. The molecule has 2 aliphatic heterocycles. The van der Waals surface area contributed by atoms with Crippen LogP contribution in [-0.4, -0.2) is 53.5 Å². The Bertz CT molecular complexity index is 376. The van der Waals surface area contributed by atoms with E-state index in [4.69, 9.17) is 9.47 Å². The molecule has 3 atom stereocenters. The van der Waals surface area contributed by atoms with Gasteiger partial charge in [-0.25, -0.2) is 4.79 Å². The van der Waals surface area contributed by atoms with Crippen molar-refractivity contribution in [3.8, 4) is 0 Å². The third-order valence-corrected chi connectivity index (χ3v) is 3.64. The minimum absolute atomic E-state index is 0.126. The fraction of sp³-hybridized carbons (Fsp3) is 0.846. The number of hydrogen-bond acceptors (Lipinski definition) is 4. The zero-order chi connectivity index (χ0) is 14.2. The number of rotatable bonds is 1. The highest BCUT2D eigenvalue weighted by atomic mass is 16.6. The second-order valence-electron chi connectivity index (χ2n) is 6.18. The number of nitrogens with zero attached hydrogens (tertiary/aromatic N) is 1. The lowest BCUT2D eigenvalue weighted by molar-refractivity contribution is -0.146. The predicted molar refractivity (Wildman–Crippen MR) is 66.8 cm³/mol. The number of carbonyl (C=O) groups is 2. The van der Waals surface area contributed by atoms with Crippen molar-refractivity contribution in [1.82, 2.24) is 4.90 Å². The van der Waals surface area contributed by atoms with Crippen molar-refractivity contribution >= 4 is 12.1 Å². The Morgan fingerprint density at radius 2 is 2.00 bits per heavy atom. The van der Waals surface area contributed by atoms with E-state index in [1.54, 1.807) is 4.90 Å². The van der Waals surface area contributed by atoms with Crippen LogP contribution in [0.2, 0.25) is 0 Å². The summed E-state index contributed by atoms with van der Waals surface area (Å²) in [6.07, 6.45) is 0.0795. The smallest absolute Gasteiger partial charge is 0.410 e. The van der Waals surface area contributed by atoms with E-state index in [1.807, 2.05) is 20.8 Å². The zero-order valence-electron chi connectivity index (χ0n) is 11.6. The molecule has 6 nitrogen and oxygen atoms in total. The van der Waals surface area contributed by atoms with Gasteiger partial charge in [-0.15, -0.1) is 0 Å². The maximum atomic E-state index is 12.1. The summed E-state index contributed by atoms with van der Waals surface area (Å²) in [6, 6.07) is -0.176. The monoisotopic (exact) mass is 271 g/mol. The number of fused-ring (bicyclic) bond motifs is 1. The van der Waals surface area contributed by atoms with E-state index in [-0.39, 0.29) is 18.1 Å². The van der Waals surface area contributed by atoms with Crippen molar-refractivity contribution < 1.29 is 24.2 Å². The van der Waals surface area contributed by atoms with Crippen LogP contribution >= 0.6 is 0 Å². The fourth-order valence-electron chi connectivity index (χ4n) is 2.78. The molecule has 108 valence electrons. The lowest BCUT2D eigenvalue weighted by atomic mass is 9.82. The summed E-state index contributed by atoms with van der Waals surface area (Å²) >= 11 is 0. The third kappa shape index (κ3) is 3.00. The van der Waals surface area contributed by atoms with Crippen molar-refractivity contribution in [2.45, 2.75) is 38.8 Å². The molecular weight excluding hydrogens is 250 g/mol. The maximum Gasteiger partial charge on any atom is 0.410 e. The highest BCUT2D eigenvalue weighted by molar-refractivity contribution is 5.73. The van der Waals surface area contributed by atoms with Crippen molar-refractivity contribution in [3.63, 3.8) is 0 Å². The van der Waals surface area contributed by atoms with Gasteiger partial charge < -0.3 is 19.5 Å². The molecule has 0 bridgehead atoms. The van der Waals surface area contributed by atoms with Crippen molar-refractivity contribution in [3.05, 3.63) is 0 Å². The van der Waals surface area contributed by atoms with Crippen LogP contribution in [0, 0.1) is 11.8 Å². The normalized spacial score (nSPS) is 30.9. The zero-order valence-corrected chi connectivity index (χ0v) is 11.6. The van der Waals surface area contributed by atoms with Crippen molar-refractivity contribution in [2.75, 3.05) is 19.8 Å². The Balaban J connectivity index is 2.08. The molecule has 0 aromatic rings. The second kappa shape index (κ2) is 5.00. The molecule has 0 aliphatic carbocycles. The highest BCUT2D eigenvalue weighted by Crippen LogP contribution is 2.34. The Kier molecular flexibility index (Phi) is 3.71. The number of piperidine rings is 1. The quantitative estimate of drug-likeness (QED) is 0.779. The average Bonchev–Trinajstić information content (AvgIpc) is 2.73. The lowest BCUT2D eigenvalue weighted by Gasteiger charge is -2.39. The molecule has 0 saturated carbocycles. The van der Waals surface area contributed by atoms with Crippen LogP contribution < -0.4 is 0 Å². The number of hydrogen-bond donors (Lipinski definition) is 1. The molecule has 2 heterocycles. The van der Waals surface area contributed by atoms with E-state index >= 15 is 0 Å². The Morgan fingerprint density at radius 3 is 2.58 bits per heavy atom. The van der Waals surface area contributed by atoms with E-state index in [1.165, 1.54) is 0 Å². The van der Waals surface area contributed by atoms with Crippen molar-refractivity contribution in [2.24, 2.45) is 11.8 Å². The van der Waals surface area contributed by atoms with E-state index in [2.05, 4.69) is 0 Å². The van der Waals surface area contributed by atoms with Crippen LogP contribution in [0.15, 0.2) is 0 Å². The maximum absolute atomic E-state index is 12.1. The first kappa shape index (κ1) is 14.1. The summed E-state index contributed by atoms with van der Waals surface area (Å²) in [5, 5.41) is 9.21. The van der Waals surface area contributed by atoms with Gasteiger partial charge in [0.2, 0.25) is 0 Å². The number of carboxylic acid groups (broad SMARTS) is 1. The topological polar surface area (TPSA) is 76.1 Å². The molecule has 2 rings (SSSR count). The largest absolute Gasteiger partial charge is 0.481 e. The molecule has 6 heteroatoms. The fourth-order valence-corrected chi connectivity index (χ4v) is 2.78. The van der Waals surface area contributed by atoms with E-state index in [0.29, 0.717) is 26.2 Å². The molecule has 2 fully saturated rings. The van der Waals surface area contributed by atoms with Crippen LogP contribution in [0.3, 0.4) is 0 Å². The number of amides is 1. The SMILES string of the molecule is CC(C)(C)OC(=O)N1CCC(C(=O)O)[C@@H]2COC[C@H]21. The number of likely N-dealkylation sites (tertiary alicyclic amines) is 1. The predicted octanol–water partition coefficient (Wildman–Crippen LogP) is 1.34. The third-order valence-electron chi connectivity index (χ3n) is 3.64. The molecule has 0 aromatic carbocycles. The molecule has 19 heavy (non-hydrogen) atoms. The first-order chi connectivity index (χ1) is 8.79. The van der Waals surface area contributed by atoms with Gasteiger partial charge in [-0.1, -0.05) is 0 Å². The molecule has 0 aromatic heterocycles. The molecule has 2 saturated heterocycles. The molecule has 2 aliphatic rings. The molecule has 1 amide bonds. The van der Waals surface area contributed by atoms with Gasteiger partial charge in [0.15, 0.2) is 0 Å². The summed E-state index contributed by atoms with van der Waals surface area (Å²) in [6.45, 7) is 6.66. The first-order valence-corrected chi connectivity index (χ1v) is 6.60. The van der Waals surface area contributed by atoms with Crippen molar-refractivity contribution in [1.29, 1.82) is 0 Å². The van der Waals surface area contributed by atoms with Crippen LogP contribution in [0.4, 0.5) is 4.79 Å². The second-order valence-corrected chi connectivity index (χ2v) is 6.18. The van der Waals surface area contributed by atoms with Gasteiger partial charge in [-0.2, -0.15) is 0 Å². The van der Waals surface area contributed by atoms with E-state index in [0.717, 1.165) is 0 Å². The average molecular weight is 271 g/mol. The van der Waals surface area contributed by atoms with Gasteiger partial charge in [-0.05, 0) is 27.2 Å². The number of aliphatic carboxylic acids is 1. The minimum Gasteiger partial charge on any atom is -0.481 e. The summed E-state index contributed by atoms with van der Waals surface area (Å²) in [7, 11) is 0. The van der Waals surface area contributed by atoms with Crippen LogP contribution in [0.25, 0.3) is 0 Å². The number of ether oxygens (including phenoxy) is 2. The lowest BCUT2D eigenvalue weighted by Crippen LogP contribution is -2.53. The molecule has 1 unspecified atom stereocenters. The summed E-state index contributed by atoms with van der Waals surface area (Å²) in [5.74, 6) is -1.35. The van der Waals surface area contributed by atoms with Gasteiger partial charge in [0, 0.05) is 12.5 Å². The number of carbonyl (C=O) groups excluding carboxylic acids is 1. The highest BCUT2D eigenvalue weighted by Gasteiger charge is 2.47. The van der Waals surface area contributed by atoms with Crippen LogP contribution in [0.5, 0.6) is 0 Å². The Morgan fingerprint density at radius 1 is 1.32 bits per heavy atom. The van der Waals surface area contributed by atoms with Gasteiger partial charge >= 0.3 is 12.1 Å². The standard InChI is InChI=1S/C13H21NO5/c1-13(2,3)19-12(17)14-5-4-8(11(15)16)9-6-18-7-10(9)14/h8-10H,4-7H2,1-3H3,(H,15,16)/t8?,9-,10+/m0/s1. The molecule has 0 spiro atoms. The first-order valence-electron chi connectivity index (χ1n) is 6.60. The molecular formula is C13H21NO5. The summed E-state index contributed by atoms with van der Waals surface area (Å²) < 4.78 is 10.7.